The summed E-state index contributed by atoms with van der Waals surface area (Å²) in [5.74, 6) is 0. The third kappa shape index (κ3) is 2.63. The number of carbonyl (C=O) groups is 1. The molecule has 0 radical (unpaired) electrons. The van der Waals surface area contributed by atoms with Crippen LogP contribution in [-0.4, -0.2) is 41.7 Å². The van der Waals surface area contributed by atoms with Gasteiger partial charge in [0, 0.05) is 18.6 Å². The van der Waals surface area contributed by atoms with Gasteiger partial charge in [-0.1, -0.05) is 24.3 Å². The van der Waals surface area contributed by atoms with Crippen LogP contribution in [0.25, 0.3) is 0 Å². The van der Waals surface area contributed by atoms with Gasteiger partial charge >= 0.3 is 0 Å². The van der Waals surface area contributed by atoms with E-state index in [1.807, 2.05) is 16.9 Å². The Hall–Kier alpha value is -1.17. The predicted molar refractivity (Wildman–Crippen MR) is 73.0 cm³/mol. The Morgan fingerprint density at radius 1 is 1.50 bits per heavy atom. The van der Waals surface area contributed by atoms with Crippen LogP contribution >= 0.6 is 0 Å². The Labute approximate surface area is 108 Å². The molecule has 1 aliphatic heterocycles. The van der Waals surface area contributed by atoms with Crippen molar-refractivity contribution in [2.45, 2.75) is 38.1 Å². The van der Waals surface area contributed by atoms with Crippen LogP contribution in [0.4, 0.5) is 0 Å². The van der Waals surface area contributed by atoms with E-state index in [9.17, 15) is 9.90 Å². The largest absolute Gasteiger partial charge is 0.390 e. The minimum Gasteiger partial charge on any atom is -0.390 e. The van der Waals surface area contributed by atoms with Gasteiger partial charge in [0.1, 0.15) is 0 Å². The average molecular weight is 246 g/mol. The first-order valence-corrected chi connectivity index (χ1v) is 6.31. The minimum absolute atomic E-state index is 0.0786. The fourth-order valence-corrected chi connectivity index (χ4v) is 2.58. The van der Waals surface area contributed by atoms with Gasteiger partial charge < -0.3 is 20.4 Å². The van der Waals surface area contributed by atoms with Crippen LogP contribution in [0.15, 0.2) is 24.3 Å². The van der Waals surface area contributed by atoms with E-state index in [2.05, 4.69) is 12.1 Å². The standard InChI is InChI=1S/C13H19BN2O2/c1-9(15)13(18)12-6-10-4-2-3-5-11(10)7-16(12)14-8-17/h2-5,8-9,12-14,18H,6-7,15H2,1H3/t9?,12-,13-/m0/s1. The summed E-state index contributed by atoms with van der Waals surface area (Å²) in [5.41, 5.74) is 8.25. The first-order valence-electron chi connectivity index (χ1n) is 6.31. The van der Waals surface area contributed by atoms with Crippen molar-refractivity contribution in [2.75, 3.05) is 0 Å². The molecular formula is C13H19BN2O2. The Balaban J connectivity index is 2.25. The van der Waals surface area contributed by atoms with Crippen molar-refractivity contribution < 1.29 is 9.90 Å². The number of fused-ring (bicyclic) bond motifs is 1. The maximum absolute atomic E-state index is 10.8. The SMILES string of the molecule is CC(N)[C@H](O)[C@@H]1Cc2ccccc2CN1BC=O. The second kappa shape index (κ2) is 5.65. The normalized spacial score (nSPS) is 22.9. The number of nitrogens with zero attached hydrogens (tertiary/aromatic N) is 1. The van der Waals surface area contributed by atoms with Crippen molar-refractivity contribution >= 4 is 13.6 Å². The molecule has 0 saturated carbocycles. The molecule has 1 aromatic carbocycles. The van der Waals surface area contributed by atoms with Crippen LogP contribution in [-0.2, 0) is 17.8 Å². The highest BCUT2D eigenvalue weighted by Crippen LogP contribution is 2.24. The van der Waals surface area contributed by atoms with Crippen molar-refractivity contribution in [3.05, 3.63) is 35.4 Å². The van der Waals surface area contributed by atoms with Gasteiger partial charge in [0.25, 0.3) is 7.41 Å². The van der Waals surface area contributed by atoms with Gasteiger partial charge in [-0.15, -0.1) is 0 Å². The van der Waals surface area contributed by atoms with Crippen molar-refractivity contribution in [1.29, 1.82) is 0 Å². The number of aliphatic hydroxyl groups is 1. The zero-order valence-electron chi connectivity index (χ0n) is 10.6. The van der Waals surface area contributed by atoms with E-state index in [0.717, 1.165) is 12.6 Å². The minimum atomic E-state index is -0.613. The Bertz CT molecular complexity index is 425. The molecule has 0 fully saturated rings. The van der Waals surface area contributed by atoms with Crippen LogP contribution in [0.5, 0.6) is 0 Å². The molecule has 2 rings (SSSR count). The lowest BCUT2D eigenvalue weighted by Gasteiger charge is -2.39. The number of nitrogens with two attached hydrogens (primary N) is 1. The summed E-state index contributed by atoms with van der Waals surface area (Å²) in [6.45, 7) is 2.49. The lowest BCUT2D eigenvalue weighted by atomic mass is 9.81. The Morgan fingerprint density at radius 3 is 2.78 bits per heavy atom. The first-order chi connectivity index (χ1) is 8.63. The molecule has 3 N–H and O–H groups in total. The number of benzene rings is 1. The highest BCUT2D eigenvalue weighted by atomic mass is 16.3. The number of carbonyl (C=O) groups excluding carboxylic acids is 1. The van der Waals surface area contributed by atoms with E-state index in [-0.39, 0.29) is 12.1 Å². The molecule has 0 spiro atoms. The van der Waals surface area contributed by atoms with Crippen LogP contribution < -0.4 is 5.73 Å². The van der Waals surface area contributed by atoms with Gasteiger partial charge in [-0.2, -0.15) is 0 Å². The Kier molecular flexibility index (Phi) is 4.17. The molecule has 1 aromatic rings. The maximum Gasteiger partial charge on any atom is 0.281 e. The molecule has 96 valence electrons. The quantitative estimate of drug-likeness (QED) is 0.563. The summed E-state index contributed by atoms with van der Waals surface area (Å²) in [5, 5.41) is 10.2. The maximum atomic E-state index is 10.8. The molecule has 1 aliphatic rings. The number of hydrogen-bond acceptors (Lipinski definition) is 4. The number of aliphatic hydroxyl groups excluding tert-OH is 1. The summed E-state index contributed by atoms with van der Waals surface area (Å²) >= 11 is 0. The molecule has 18 heavy (non-hydrogen) atoms. The van der Waals surface area contributed by atoms with Crippen LogP contribution in [0.1, 0.15) is 18.1 Å². The molecule has 3 atom stereocenters. The van der Waals surface area contributed by atoms with Gasteiger partial charge in [0.15, 0.2) is 0 Å². The van der Waals surface area contributed by atoms with Crippen molar-refractivity contribution in [2.24, 2.45) is 5.73 Å². The monoisotopic (exact) mass is 246 g/mol. The molecule has 1 unspecified atom stereocenters. The highest BCUT2D eigenvalue weighted by molar-refractivity contribution is 6.64. The number of rotatable bonds is 4. The topological polar surface area (TPSA) is 66.6 Å². The summed E-state index contributed by atoms with van der Waals surface area (Å²) in [6, 6.07) is 7.78. The molecule has 4 nitrogen and oxygen atoms in total. The van der Waals surface area contributed by atoms with Gasteiger partial charge in [-0.3, -0.25) is 0 Å². The average Bonchev–Trinajstić information content (AvgIpc) is 2.37. The molecule has 0 saturated heterocycles. The zero-order valence-corrected chi connectivity index (χ0v) is 10.6. The molecule has 0 aromatic heterocycles. The van der Waals surface area contributed by atoms with Crippen molar-refractivity contribution in [3.8, 4) is 0 Å². The predicted octanol–water partition coefficient (Wildman–Crippen LogP) is -0.337. The van der Waals surface area contributed by atoms with Crippen LogP contribution in [0, 0.1) is 0 Å². The van der Waals surface area contributed by atoms with Gasteiger partial charge in [0.2, 0.25) is 0 Å². The summed E-state index contributed by atoms with van der Waals surface area (Å²) in [7, 11) is 0.336. The van der Waals surface area contributed by atoms with Crippen molar-refractivity contribution in [1.82, 2.24) is 4.81 Å². The van der Waals surface area contributed by atoms with E-state index in [1.54, 1.807) is 6.92 Å². The second-order valence-corrected chi connectivity index (χ2v) is 4.99. The van der Waals surface area contributed by atoms with Crippen molar-refractivity contribution in [3.63, 3.8) is 0 Å². The fourth-order valence-electron chi connectivity index (χ4n) is 2.58. The molecule has 0 amide bonds. The smallest absolute Gasteiger partial charge is 0.281 e. The van der Waals surface area contributed by atoms with E-state index in [1.165, 1.54) is 11.1 Å². The summed E-state index contributed by atoms with van der Waals surface area (Å²) in [4.78, 5) is 12.8. The number of hydrogen-bond donors (Lipinski definition) is 2. The van der Waals surface area contributed by atoms with Crippen LogP contribution in [0.3, 0.4) is 0 Å². The molecular weight excluding hydrogens is 227 g/mol. The summed E-state index contributed by atoms with van der Waals surface area (Å²) < 4.78 is 0. The van der Waals surface area contributed by atoms with E-state index in [4.69, 9.17) is 5.73 Å². The first kappa shape index (κ1) is 13.3. The van der Waals surface area contributed by atoms with Gasteiger partial charge in [0.05, 0.1) is 12.3 Å². The third-order valence-electron chi connectivity index (χ3n) is 3.63. The third-order valence-corrected chi connectivity index (χ3v) is 3.63. The van der Waals surface area contributed by atoms with E-state index < -0.39 is 6.10 Å². The lowest BCUT2D eigenvalue weighted by Crippen LogP contribution is -2.54. The molecule has 5 heteroatoms. The molecule has 0 bridgehead atoms. The molecule has 0 aliphatic carbocycles. The summed E-state index contributed by atoms with van der Waals surface area (Å²) in [6.07, 6.45) is 1.01. The van der Waals surface area contributed by atoms with Gasteiger partial charge in [-0.25, -0.2) is 0 Å². The second-order valence-electron chi connectivity index (χ2n) is 4.99. The van der Waals surface area contributed by atoms with Gasteiger partial charge in [-0.05, 0) is 24.5 Å². The zero-order chi connectivity index (χ0) is 13.1. The van der Waals surface area contributed by atoms with E-state index >= 15 is 0 Å². The van der Waals surface area contributed by atoms with Crippen LogP contribution in [0.2, 0.25) is 0 Å². The highest BCUT2D eigenvalue weighted by Gasteiger charge is 2.32. The van der Waals surface area contributed by atoms with E-state index in [0.29, 0.717) is 14.0 Å². The fraction of sp³-hybridized carbons (Fsp3) is 0.462. The lowest BCUT2D eigenvalue weighted by molar-refractivity contribution is 0.0647. The Morgan fingerprint density at radius 2 is 2.17 bits per heavy atom. The molecule has 1 heterocycles.